The number of rotatable bonds is 11. The van der Waals surface area contributed by atoms with E-state index in [-0.39, 0.29) is 35.5 Å². The van der Waals surface area contributed by atoms with Gasteiger partial charge in [0.15, 0.2) is 15.8 Å². The molecule has 0 aromatic rings. The normalized spacial score (nSPS) is 13.4. The Morgan fingerprint density at radius 1 is 1.14 bits per heavy atom. The van der Waals surface area contributed by atoms with E-state index in [0.29, 0.717) is 12.5 Å². The predicted octanol–water partition coefficient (Wildman–Crippen LogP) is 2.81. The highest BCUT2D eigenvalue weighted by molar-refractivity contribution is 14.0. The Bertz CT molecular complexity index is 386. The molecule has 0 bridgehead atoms. The van der Waals surface area contributed by atoms with E-state index in [9.17, 15) is 8.42 Å². The molecule has 5 nitrogen and oxygen atoms in total. The zero-order chi connectivity index (χ0) is 16.1. The summed E-state index contributed by atoms with van der Waals surface area (Å²) in [7, 11) is -2.92. The quantitative estimate of drug-likeness (QED) is 0.290. The number of unbranched alkanes of at least 4 members (excludes halogenated alkanes) is 1. The average molecular weight is 447 g/mol. The van der Waals surface area contributed by atoms with Gasteiger partial charge in [0.25, 0.3) is 0 Å². The molecule has 0 aliphatic carbocycles. The third-order valence-electron chi connectivity index (χ3n) is 3.54. The fourth-order valence-corrected chi connectivity index (χ4v) is 2.65. The SMILES string of the molecule is CCCCC(CC)CN=C(NCC)NCCS(=O)(=O)CC.I. The van der Waals surface area contributed by atoms with Gasteiger partial charge in [0.2, 0.25) is 0 Å². The zero-order valence-corrected chi connectivity index (χ0v) is 17.7. The van der Waals surface area contributed by atoms with Crippen LogP contribution in [0.5, 0.6) is 0 Å². The van der Waals surface area contributed by atoms with Crippen molar-refractivity contribution < 1.29 is 8.42 Å². The second-order valence-electron chi connectivity index (χ2n) is 5.30. The maximum Gasteiger partial charge on any atom is 0.191 e. The van der Waals surface area contributed by atoms with E-state index in [4.69, 9.17) is 0 Å². The minimum Gasteiger partial charge on any atom is -0.357 e. The summed E-state index contributed by atoms with van der Waals surface area (Å²) in [6, 6.07) is 0. The topological polar surface area (TPSA) is 70.6 Å². The number of hydrogen-bond acceptors (Lipinski definition) is 3. The Hall–Kier alpha value is -0.0500. The molecule has 134 valence electrons. The molecule has 0 fully saturated rings. The molecule has 22 heavy (non-hydrogen) atoms. The fourth-order valence-electron chi connectivity index (χ4n) is 1.95. The summed E-state index contributed by atoms with van der Waals surface area (Å²) in [5.74, 6) is 1.68. The number of halogens is 1. The molecule has 0 saturated carbocycles. The number of nitrogens with one attached hydrogen (secondary N) is 2. The molecule has 2 N–H and O–H groups in total. The van der Waals surface area contributed by atoms with Gasteiger partial charge in [-0.05, 0) is 19.3 Å². The number of sulfone groups is 1. The van der Waals surface area contributed by atoms with Crippen molar-refractivity contribution in [2.24, 2.45) is 10.9 Å². The van der Waals surface area contributed by atoms with Crippen molar-refractivity contribution in [3.8, 4) is 0 Å². The molecule has 7 heteroatoms. The van der Waals surface area contributed by atoms with E-state index in [1.165, 1.54) is 19.3 Å². The Labute approximate surface area is 154 Å². The molecular weight excluding hydrogens is 413 g/mol. The van der Waals surface area contributed by atoms with E-state index >= 15 is 0 Å². The largest absolute Gasteiger partial charge is 0.357 e. The molecule has 0 saturated heterocycles. The first kappa shape index (κ1) is 24.2. The number of nitrogens with zero attached hydrogens (tertiary/aromatic N) is 1. The van der Waals surface area contributed by atoms with Crippen molar-refractivity contribution in [2.75, 3.05) is 31.1 Å². The summed E-state index contributed by atoms with van der Waals surface area (Å²) in [5.41, 5.74) is 0. The van der Waals surface area contributed by atoms with Gasteiger partial charge in [0, 0.05) is 25.4 Å². The average Bonchev–Trinajstić information content (AvgIpc) is 2.47. The van der Waals surface area contributed by atoms with Crippen LogP contribution < -0.4 is 10.6 Å². The molecule has 0 aliphatic heterocycles. The smallest absolute Gasteiger partial charge is 0.191 e. The van der Waals surface area contributed by atoms with Crippen LogP contribution in [0.2, 0.25) is 0 Å². The first-order valence-electron chi connectivity index (χ1n) is 8.21. The molecule has 0 rings (SSSR count). The minimum atomic E-state index is -2.92. The molecule has 0 amide bonds. The third-order valence-corrected chi connectivity index (χ3v) is 5.25. The number of guanidine groups is 1. The standard InChI is InChI=1S/C15H33N3O2S.HI/c1-5-9-10-14(6-2)13-18-15(16-7-3)17-11-12-21(19,20)8-4;/h14H,5-13H2,1-4H3,(H2,16,17,18);1H. The van der Waals surface area contributed by atoms with Crippen LogP contribution >= 0.6 is 24.0 Å². The zero-order valence-electron chi connectivity index (χ0n) is 14.5. The van der Waals surface area contributed by atoms with E-state index in [2.05, 4.69) is 29.5 Å². The van der Waals surface area contributed by atoms with Crippen LogP contribution in [0, 0.1) is 5.92 Å². The van der Waals surface area contributed by atoms with E-state index in [0.717, 1.165) is 25.5 Å². The van der Waals surface area contributed by atoms with Crippen molar-refractivity contribution in [3.63, 3.8) is 0 Å². The summed E-state index contributed by atoms with van der Waals surface area (Å²) in [6.45, 7) is 10.1. The summed E-state index contributed by atoms with van der Waals surface area (Å²) in [4.78, 5) is 4.58. The van der Waals surface area contributed by atoms with Crippen molar-refractivity contribution in [3.05, 3.63) is 0 Å². The summed E-state index contributed by atoms with van der Waals surface area (Å²) in [5, 5.41) is 6.27. The number of hydrogen-bond donors (Lipinski definition) is 2. The first-order chi connectivity index (χ1) is 9.99. The maximum absolute atomic E-state index is 11.5. The van der Waals surface area contributed by atoms with Gasteiger partial charge in [0.1, 0.15) is 0 Å². The molecule has 0 aromatic carbocycles. The Balaban J connectivity index is 0. The lowest BCUT2D eigenvalue weighted by atomic mass is 10.00. The second-order valence-corrected chi connectivity index (χ2v) is 7.77. The highest BCUT2D eigenvalue weighted by atomic mass is 127. The van der Waals surface area contributed by atoms with Gasteiger partial charge < -0.3 is 10.6 Å². The lowest BCUT2D eigenvalue weighted by molar-refractivity contribution is 0.461. The van der Waals surface area contributed by atoms with Crippen LogP contribution in [-0.2, 0) is 9.84 Å². The first-order valence-corrected chi connectivity index (χ1v) is 10.0. The molecular formula is C15H34IN3O2S. The molecule has 1 atom stereocenters. The van der Waals surface area contributed by atoms with Crippen molar-refractivity contribution in [1.29, 1.82) is 0 Å². The van der Waals surface area contributed by atoms with Gasteiger partial charge in [-0.15, -0.1) is 24.0 Å². The Kier molecular flexibility index (Phi) is 16.0. The molecule has 0 spiro atoms. The van der Waals surface area contributed by atoms with Gasteiger partial charge in [0.05, 0.1) is 5.75 Å². The second kappa shape index (κ2) is 14.5. The lowest BCUT2D eigenvalue weighted by Crippen LogP contribution is -2.40. The molecule has 0 aromatic heterocycles. The van der Waals surface area contributed by atoms with Gasteiger partial charge in [-0.1, -0.05) is 40.0 Å². The number of aliphatic imine (C=N–C) groups is 1. The van der Waals surface area contributed by atoms with Crippen LogP contribution in [0.4, 0.5) is 0 Å². The van der Waals surface area contributed by atoms with Crippen molar-refractivity contribution >= 4 is 39.8 Å². The Morgan fingerprint density at radius 2 is 1.82 bits per heavy atom. The fraction of sp³-hybridized carbons (Fsp3) is 0.933. The molecule has 0 radical (unpaired) electrons. The van der Waals surface area contributed by atoms with E-state index in [1.807, 2.05) is 6.92 Å². The Morgan fingerprint density at radius 3 is 2.32 bits per heavy atom. The highest BCUT2D eigenvalue weighted by Crippen LogP contribution is 2.12. The summed E-state index contributed by atoms with van der Waals surface area (Å²) in [6.07, 6.45) is 4.80. The van der Waals surface area contributed by atoms with Crippen LogP contribution in [0.3, 0.4) is 0 Å². The summed E-state index contributed by atoms with van der Waals surface area (Å²) >= 11 is 0. The van der Waals surface area contributed by atoms with Gasteiger partial charge in [-0.25, -0.2) is 8.42 Å². The highest BCUT2D eigenvalue weighted by Gasteiger charge is 2.08. The molecule has 0 heterocycles. The maximum atomic E-state index is 11.5. The lowest BCUT2D eigenvalue weighted by Gasteiger charge is -2.15. The monoisotopic (exact) mass is 447 g/mol. The van der Waals surface area contributed by atoms with Crippen LogP contribution in [0.1, 0.15) is 53.4 Å². The van der Waals surface area contributed by atoms with Crippen LogP contribution in [-0.4, -0.2) is 45.5 Å². The molecule has 1 unspecified atom stereocenters. The van der Waals surface area contributed by atoms with Gasteiger partial charge in [-0.3, -0.25) is 4.99 Å². The third kappa shape index (κ3) is 12.5. The molecule has 0 aliphatic rings. The minimum absolute atomic E-state index is 0. The predicted molar refractivity (Wildman–Crippen MR) is 107 cm³/mol. The van der Waals surface area contributed by atoms with E-state index < -0.39 is 9.84 Å². The summed E-state index contributed by atoms with van der Waals surface area (Å²) < 4.78 is 22.9. The van der Waals surface area contributed by atoms with Crippen molar-refractivity contribution in [2.45, 2.75) is 53.4 Å². The van der Waals surface area contributed by atoms with Gasteiger partial charge in [-0.2, -0.15) is 0 Å². The van der Waals surface area contributed by atoms with Crippen LogP contribution in [0.15, 0.2) is 4.99 Å². The van der Waals surface area contributed by atoms with Gasteiger partial charge >= 0.3 is 0 Å². The van der Waals surface area contributed by atoms with Crippen LogP contribution in [0.25, 0.3) is 0 Å². The van der Waals surface area contributed by atoms with Crippen molar-refractivity contribution in [1.82, 2.24) is 10.6 Å². The van der Waals surface area contributed by atoms with E-state index in [1.54, 1.807) is 6.92 Å².